The molecule has 0 bridgehead atoms. The Morgan fingerprint density at radius 2 is 2.60 bits per heavy atom. The highest BCUT2D eigenvalue weighted by Gasteiger charge is 1.93. The lowest BCUT2D eigenvalue weighted by atomic mass is 10.1. The maximum atomic E-state index is 7.99. The van der Waals surface area contributed by atoms with Crippen molar-refractivity contribution in [3.8, 4) is 0 Å². The quantitative estimate of drug-likeness (QED) is 0.316. The third kappa shape index (κ3) is 1.96. The molecule has 3 nitrogen and oxygen atoms in total. The molecule has 0 fully saturated rings. The van der Waals surface area contributed by atoms with Gasteiger partial charge in [0.25, 0.3) is 0 Å². The van der Waals surface area contributed by atoms with E-state index in [1.165, 1.54) is 0 Å². The third-order valence-corrected chi connectivity index (χ3v) is 1.25. The van der Waals surface area contributed by atoms with E-state index in [1.807, 2.05) is 24.6 Å². The third-order valence-electron chi connectivity index (χ3n) is 1.25. The van der Waals surface area contributed by atoms with Gasteiger partial charge in [0.1, 0.15) is 0 Å². The minimum absolute atomic E-state index is 0.462. The van der Waals surface area contributed by atoms with Crippen molar-refractivity contribution in [3.63, 3.8) is 0 Å². The zero-order valence-corrected chi connectivity index (χ0v) is 5.57. The Bertz CT molecular complexity index is 209. The van der Waals surface area contributed by atoms with Gasteiger partial charge in [-0.05, 0) is 23.9 Å². The minimum atomic E-state index is 0.462. The summed E-state index contributed by atoms with van der Waals surface area (Å²) in [6, 6.07) is 0. The van der Waals surface area contributed by atoms with E-state index in [4.69, 9.17) is 5.53 Å². The molecular weight excluding hydrogens is 126 g/mol. The van der Waals surface area contributed by atoms with E-state index in [0.29, 0.717) is 6.54 Å². The van der Waals surface area contributed by atoms with Crippen LogP contribution in [0.2, 0.25) is 0 Å². The summed E-state index contributed by atoms with van der Waals surface area (Å²) < 4.78 is 0. The second kappa shape index (κ2) is 3.75. The van der Waals surface area contributed by atoms with Crippen LogP contribution in [0.25, 0.3) is 10.4 Å². The molecule has 0 saturated heterocycles. The largest absolute Gasteiger partial charge is 0.0893 e. The van der Waals surface area contributed by atoms with Gasteiger partial charge in [0.15, 0.2) is 0 Å². The molecule has 0 aliphatic heterocycles. The predicted octanol–water partition coefficient (Wildman–Crippen LogP) is 2.39. The monoisotopic (exact) mass is 134 g/mol. The Labute approximate surface area is 59.7 Å². The van der Waals surface area contributed by atoms with E-state index < -0.39 is 0 Å². The molecule has 0 saturated carbocycles. The number of hydrogen-bond donors (Lipinski definition) is 0. The second-order valence-electron chi connectivity index (χ2n) is 2.00. The zero-order valence-electron chi connectivity index (χ0n) is 5.57. The Morgan fingerprint density at radius 3 is 3.20 bits per heavy atom. The summed E-state index contributed by atoms with van der Waals surface area (Å²) in [5.74, 6) is 0. The van der Waals surface area contributed by atoms with Gasteiger partial charge in [-0.25, -0.2) is 0 Å². The highest BCUT2D eigenvalue weighted by atomic mass is 15.1. The summed E-state index contributed by atoms with van der Waals surface area (Å²) in [6.07, 6.45) is 9.04. The first kappa shape index (κ1) is 6.90. The van der Waals surface area contributed by atoms with Crippen LogP contribution in [0.4, 0.5) is 0 Å². The Kier molecular flexibility index (Phi) is 2.59. The van der Waals surface area contributed by atoms with Crippen LogP contribution in [-0.2, 0) is 0 Å². The molecule has 0 spiro atoms. The van der Waals surface area contributed by atoms with Crippen molar-refractivity contribution < 1.29 is 0 Å². The van der Waals surface area contributed by atoms with Crippen molar-refractivity contribution in [2.24, 2.45) is 5.11 Å². The molecule has 51 valence electrons. The highest BCUT2D eigenvalue weighted by molar-refractivity contribution is 5.28. The van der Waals surface area contributed by atoms with Gasteiger partial charge in [0.05, 0.1) is 6.54 Å². The van der Waals surface area contributed by atoms with Gasteiger partial charge >= 0.3 is 0 Å². The predicted molar refractivity (Wildman–Crippen MR) is 40.2 cm³/mol. The Balaban J connectivity index is 2.47. The van der Waals surface area contributed by atoms with E-state index >= 15 is 0 Å². The molecule has 0 aromatic rings. The normalized spacial score (nSPS) is 15.8. The number of hydrogen-bond acceptors (Lipinski definition) is 1. The number of nitrogens with zero attached hydrogens (tertiary/aromatic N) is 3. The van der Waals surface area contributed by atoms with Crippen LogP contribution in [0, 0.1) is 6.42 Å². The van der Waals surface area contributed by atoms with Crippen LogP contribution in [-0.4, -0.2) is 6.54 Å². The first-order valence-corrected chi connectivity index (χ1v) is 3.13. The van der Waals surface area contributed by atoms with Gasteiger partial charge in [-0.3, -0.25) is 0 Å². The van der Waals surface area contributed by atoms with Crippen molar-refractivity contribution in [3.05, 3.63) is 40.7 Å². The fourth-order valence-electron chi connectivity index (χ4n) is 0.792. The Hall–Kier alpha value is -1.21. The topological polar surface area (TPSA) is 48.8 Å². The average Bonchev–Trinajstić information content (AvgIpc) is 2.03. The smallest absolute Gasteiger partial charge is 0.0507 e. The SMILES string of the molecule is [N-]=[N+]=NCC1=C[CH]CC=C1. The van der Waals surface area contributed by atoms with E-state index in [9.17, 15) is 0 Å². The molecule has 0 aromatic heterocycles. The van der Waals surface area contributed by atoms with Crippen molar-refractivity contribution in [1.82, 2.24) is 0 Å². The number of azide groups is 1. The minimum Gasteiger partial charge on any atom is -0.0893 e. The number of rotatable bonds is 2. The van der Waals surface area contributed by atoms with E-state index in [1.54, 1.807) is 0 Å². The molecule has 1 aliphatic carbocycles. The first-order chi connectivity index (χ1) is 4.93. The van der Waals surface area contributed by atoms with Gasteiger partial charge in [0, 0.05) is 4.91 Å². The van der Waals surface area contributed by atoms with Crippen LogP contribution < -0.4 is 0 Å². The molecule has 0 amide bonds. The van der Waals surface area contributed by atoms with Gasteiger partial charge in [-0.2, -0.15) is 0 Å². The summed E-state index contributed by atoms with van der Waals surface area (Å²) in [4.78, 5) is 2.67. The van der Waals surface area contributed by atoms with Gasteiger partial charge in [0.2, 0.25) is 0 Å². The van der Waals surface area contributed by atoms with Crippen molar-refractivity contribution in [2.45, 2.75) is 6.42 Å². The van der Waals surface area contributed by atoms with E-state index in [0.717, 1.165) is 12.0 Å². The molecule has 1 radical (unpaired) electrons. The molecule has 0 N–H and O–H groups in total. The molecule has 10 heavy (non-hydrogen) atoms. The van der Waals surface area contributed by atoms with Crippen LogP contribution in [0.3, 0.4) is 0 Å². The van der Waals surface area contributed by atoms with Crippen LogP contribution >= 0.6 is 0 Å². The second-order valence-corrected chi connectivity index (χ2v) is 2.00. The van der Waals surface area contributed by atoms with Crippen molar-refractivity contribution in [2.75, 3.05) is 6.54 Å². The molecule has 1 aliphatic rings. The molecule has 0 atom stereocenters. The molecule has 3 heteroatoms. The molecule has 0 unspecified atom stereocenters. The maximum absolute atomic E-state index is 7.99. The molecular formula is C7H8N3. The molecule has 0 heterocycles. The fraction of sp³-hybridized carbons (Fsp3) is 0.286. The summed E-state index contributed by atoms with van der Waals surface area (Å²) in [7, 11) is 0. The maximum Gasteiger partial charge on any atom is 0.0507 e. The summed E-state index contributed by atoms with van der Waals surface area (Å²) >= 11 is 0. The molecule has 1 rings (SSSR count). The lowest BCUT2D eigenvalue weighted by Gasteiger charge is -2.00. The summed E-state index contributed by atoms with van der Waals surface area (Å²) in [5, 5.41) is 3.44. The van der Waals surface area contributed by atoms with Gasteiger partial charge in [-0.15, -0.1) is 0 Å². The van der Waals surface area contributed by atoms with E-state index in [2.05, 4.69) is 10.0 Å². The Morgan fingerprint density at radius 1 is 1.70 bits per heavy atom. The highest BCUT2D eigenvalue weighted by Crippen LogP contribution is 2.08. The van der Waals surface area contributed by atoms with Crippen LogP contribution in [0.5, 0.6) is 0 Å². The fourth-order valence-corrected chi connectivity index (χ4v) is 0.792. The van der Waals surface area contributed by atoms with Gasteiger partial charge < -0.3 is 0 Å². The lowest BCUT2D eigenvalue weighted by Crippen LogP contribution is -1.87. The summed E-state index contributed by atoms with van der Waals surface area (Å²) in [5.41, 5.74) is 9.07. The first-order valence-electron chi connectivity index (χ1n) is 3.13. The average molecular weight is 134 g/mol. The summed E-state index contributed by atoms with van der Waals surface area (Å²) in [6.45, 7) is 0.462. The standard InChI is InChI=1S/C7H8N3/c8-10-9-6-7-4-2-1-3-5-7/h2-5H,1,6H2. The van der Waals surface area contributed by atoms with Crippen LogP contribution in [0.15, 0.2) is 28.9 Å². The number of allylic oxidation sites excluding steroid dienone is 2. The lowest BCUT2D eigenvalue weighted by molar-refractivity contribution is 1.11. The molecule has 0 aromatic carbocycles. The zero-order chi connectivity index (χ0) is 7.23. The van der Waals surface area contributed by atoms with Crippen LogP contribution in [0.1, 0.15) is 6.42 Å². The van der Waals surface area contributed by atoms with E-state index in [-0.39, 0.29) is 0 Å². The van der Waals surface area contributed by atoms with Crippen molar-refractivity contribution in [1.29, 1.82) is 0 Å². The van der Waals surface area contributed by atoms with Gasteiger partial charge in [-0.1, -0.05) is 23.3 Å². The van der Waals surface area contributed by atoms with Crippen molar-refractivity contribution >= 4 is 0 Å².